The molecule has 0 fully saturated rings. The van der Waals surface area contributed by atoms with E-state index in [-0.39, 0.29) is 5.69 Å². The Morgan fingerprint density at radius 3 is 2.24 bits per heavy atom. The van der Waals surface area contributed by atoms with Crippen LogP contribution < -0.4 is 5.01 Å². The molecule has 4 aromatic rings. The lowest BCUT2D eigenvalue weighted by molar-refractivity contribution is -0.137. The van der Waals surface area contributed by atoms with Crippen LogP contribution in [-0.4, -0.2) is 26.2 Å². The molecule has 0 saturated heterocycles. The maximum atomic E-state index is 13.9. The van der Waals surface area contributed by atoms with E-state index in [2.05, 4.69) is 20.1 Å². The number of hydrogen-bond acceptors (Lipinski definition) is 6. The van der Waals surface area contributed by atoms with Gasteiger partial charge in [0.15, 0.2) is 12.2 Å². The van der Waals surface area contributed by atoms with Crippen molar-refractivity contribution < 1.29 is 17.6 Å². The van der Waals surface area contributed by atoms with Gasteiger partial charge < -0.3 is 4.42 Å². The van der Waals surface area contributed by atoms with Gasteiger partial charge in [-0.2, -0.15) is 18.3 Å². The van der Waals surface area contributed by atoms with Gasteiger partial charge in [0.05, 0.1) is 23.2 Å². The highest BCUT2D eigenvalue weighted by Gasteiger charge is 2.46. The Kier molecular flexibility index (Phi) is 5.00. The molecule has 2 aromatic heterocycles. The second-order valence-electron chi connectivity index (χ2n) is 8.63. The summed E-state index contributed by atoms with van der Waals surface area (Å²) in [6.45, 7) is 5.65. The molecule has 1 aliphatic heterocycles. The normalized spacial score (nSPS) is 15.1. The minimum Gasteiger partial charge on any atom is -0.444 e. The van der Waals surface area contributed by atoms with Crippen LogP contribution in [0.2, 0.25) is 0 Å². The number of aromatic nitrogens is 3. The molecule has 9 heteroatoms. The van der Waals surface area contributed by atoms with Crippen molar-refractivity contribution in [2.75, 3.05) is 5.01 Å². The molecule has 0 atom stereocenters. The van der Waals surface area contributed by atoms with Gasteiger partial charge in [0.2, 0.25) is 0 Å². The number of halogens is 3. The lowest BCUT2D eigenvalue weighted by Gasteiger charge is -2.47. The highest BCUT2D eigenvalue weighted by Crippen LogP contribution is 2.45. The summed E-state index contributed by atoms with van der Waals surface area (Å²) >= 11 is 0. The molecule has 0 amide bonds. The first-order chi connectivity index (χ1) is 16.1. The topological polar surface area (TPSA) is 67.4 Å². The third-order valence-electron chi connectivity index (χ3n) is 5.80. The number of benzene rings is 2. The average molecular weight is 463 g/mol. The van der Waals surface area contributed by atoms with E-state index < -0.39 is 17.3 Å². The molecule has 0 unspecified atom stereocenters. The molecule has 5 rings (SSSR count). The van der Waals surface area contributed by atoms with Gasteiger partial charge in [-0.3, -0.25) is 5.01 Å². The third-order valence-corrected chi connectivity index (χ3v) is 5.80. The minimum absolute atomic E-state index is 0.0225. The fourth-order valence-corrected chi connectivity index (χ4v) is 4.16. The van der Waals surface area contributed by atoms with Gasteiger partial charge in [0, 0.05) is 29.1 Å². The second kappa shape index (κ2) is 7.79. The number of alkyl halides is 3. The average Bonchev–Trinajstić information content (AvgIpc) is 3.33. The van der Waals surface area contributed by atoms with E-state index in [4.69, 9.17) is 4.42 Å². The minimum atomic E-state index is -4.54. The van der Waals surface area contributed by atoms with Crippen LogP contribution in [-0.2, 0) is 6.18 Å². The molecule has 6 nitrogen and oxygen atoms in total. The van der Waals surface area contributed by atoms with Gasteiger partial charge in [-0.05, 0) is 56.2 Å². The fraction of sp³-hybridized carbons (Fsp3) is 0.200. The summed E-state index contributed by atoms with van der Waals surface area (Å²) in [6, 6.07) is 9.82. The maximum Gasteiger partial charge on any atom is 0.418 e. The Labute approximate surface area is 193 Å². The van der Waals surface area contributed by atoms with E-state index in [0.717, 1.165) is 22.8 Å². The van der Waals surface area contributed by atoms with Crippen LogP contribution in [0.4, 0.5) is 18.9 Å². The van der Waals surface area contributed by atoms with Gasteiger partial charge >= 0.3 is 6.18 Å². The van der Waals surface area contributed by atoms with Gasteiger partial charge in [-0.25, -0.2) is 15.0 Å². The molecule has 2 aromatic carbocycles. The summed E-state index contributed by atoms with van der Waals surface area (Å²) in [5, 5.41) is 5.99. The molecule has 0 saturated carbocycles. The van der Waals surface area contributed by atoms with Crippen molar-refractivity contribution in [3.05, 3.63) is 84.4 Å². The molecule has 172 valence electrons. The van der Waals surface area contributed by atoms with E-state index >= 15 is 0 Å². The van der Waals surface area contributed by atoms with Crippen LogP contribution in [0.15, 0.2) is 77.2 Å². The maximum absolute atomic E-state index is 13.9. The van der Waals surface area contributed by atoms with E-state index in [0.29, 0.717) is 22.6 Å². The number of nitrogens with zero attached hydrogens (tertiary/aromatic N) is 5. The fourth-order valence-electron chi connectivity index (χ4n) is 4.16. The number of rotatable bonds is 4. The van der Waals surface area contributed by atoms with Crippen LogP contribution in [0.5, 0.6) is 0 Å². The molecular weight excluding hydrogens is 443 g/mol. The van der Waals surface area contributed by atoms with E-state index in [1.54, 1.807) is 18.6 Å². The number of anilines is 1. The number of aryl methyl sites for hydroxylation is 1. The van der Waals surface area contributed by atoms with Gasteiger partial charge in [-0.1, -0.05) is 12.1 Å². The second-order valence-corrected chi connectivity index (χ2v) is 8.63. The highest BCUT2D eigenvalue weighted by atomic mass is 19.4. The van der Waals surface area contributed by atoms with Gasteiger partial charge in [-0.15, -0.1) is 0 Å². The van der Waals surface area contributed by atoms with Crippen molar-refractivity contribution in [1.82, 2.24) is 15.0 Å². The van der Waals surface area contributed by atoms with Crippen molar-refractivity contribution in [3.8, 4) is 22.5 Å². The molecule has 0 radical (unpaired) electrons. The predicted molar refractivity (Wildman–Crippen MR) is 122 cm³/mol. The Balaban J connectivity index is 1.60. The molecule has 34 heavy (non-hydrogen) atoms. The Bertz CT molecular complexity index is 1380. The van der Waals surface area contributed by atoms with E-state index in [1.807, 2.05) is 39.0 Å². The number of hydrazone groups is 1. The smallest absolute Gasteiger partial charge is 0.418 e. The molecule has 0 bridgehead atoms. The van der Waals surface area contributed by atoms with Gasteiger partial charge in [0.25, 0.3) is 0 Å². The summed E-state index contributed by atoms with van der Waals surface area (Å²) in [6.07, 6.45) is 2.93. The molecule has 3 heterocycles. The van der Waals surface area contributed by atoms with Crippen molar-refractivity contribution in [3.63, 3.8) is 0 Å². The summed E-state index contributed by atoms with van der Waals surface area (Å²) in [4.78, 5) is 11.9. The van der Waals surface area contributed by atoms with Gasteiger partial charge in [0.1, 0.15) is 11.9 Å². The first kappa shape index (κ1) is 21.8. The summed E-state index contributed by atoms with van der Waals surface area (Å²) in [5.74, 6) is 0.608. The SMILES string of the molecule is Cc1cc(C2=NN(c3cc(-c4cncnc4)ccc3C(F)(F)F)C2(C)C)cc(-c2cnco2)c1. The Morgan fingerprint density at radius 2 is 1.59 bits per heavy atom. The molecule has 0 N–H and O–H groups in total. The number of oxazole rings is 1. The standard InChI is InChI=1S/C25H20F3N5O/c1-15-6-17(22-12-31-14-34-22)8-18(7-15)23-24(2,3)33(32-23)21-9-16(19-10-29-13-30-11-19)4-5-20(21)25(26,27)28/h4-14H,1-3H3. The Hall–Kier alpha value is -4.01. The molecule has 1 aliphatic rings. The first-order valence-electron chi connectivity index (χ1n) is 10.5. The zero-order chi connectivity index (χ0) is 24.1. The van der Waals surface area contributed by atoms with Crippen LogP contribution in [0, 0.1) is 6.92 Å². The zero-order valence-electron chi connectivity index (χ0n) is 18.6. The number of hydrogen-bond donors (Lipinski definition) is 0. The van der Waals surface area contributed by atoms with Crippen molar-refractivity contribution in [1.29, 1.82) is 0 Å². The Morgan fingerprint density at radius 1 is 0.853 bits per heavy atom. The van der Waals surface area contributed by atoms with Crippen LogP contribution in [0.1, 0.15) is 30.5 Å². The van der Waals surface area contributed by atoms with Crippen molar-refractivity contribution >= 4 is 11.4 Å². The lowest BCUT2D eigenvalue weighted by atomic mass is 9.85. The summed E-state index contributed by atoms with van der Waals surface area (Å²) in [7, 11) is 0. The lowest BCUT2D eigenvalue weighted by Crippen LogP contribution is -2.57. The third kappa shape index (κ3) is 3.72. The molecule has 0 spiro atoms. The quantitative estimate of drug-likeness (QED) is 0.364. The summed E-state index contributed by atoms with van der Waals surface area (Å²) < 4.78 is 47.2. The van der Waals surface area contributed by atoms with Crippen LogP contribution in [0.25, 0.3) is 22.5 Å². The molecular formula is C25H20F3N5O. The highest BCUT2D eigenvalue weighted by molar-refractivity contribution is 6.14. The summed E-state index contributed by atoms with van der Waals surface area (Å²) in [5.41, 5.74) is 2.92. The van der Waals surface area contributed by atoms with E-state index in [9.17, 15) is 13.2 Å². The van der Waals surface area contributed by atoms with Crippen LogP contribution in [0.3, 0.4) is 0 Å². The van der Waals surface area contributed by atoms with E-state index in [1.165, 1.54) is 29.9 Å². The van der Waals surface area contributed by atoms with Crippen LogP contribution >= 0.6 is 0 Å². The first-order valence-corrected chi connectivity index (χ1v) is 10.5. The largest absolute Gasteiger partial charge is 0.444 e. The van der Waals surface area contributed by atoms with Crippen molar-refractivity contribution in [2.24, 2.45) is 5.10 Å². The molecule has 0 aliphatic carbocycles. The predicted octanol–water partition coefficient (Wildman–Crippen LogP) is 6.13. The van der Waals surface area contributed by atoms with Crippen molar-refractivity contribution in [2.45, 2.75) is 32.5 Å². The monoisotopic (exact) mass is 463 g/mol. The zero-order valence-corrected chi connectivity index (χ0v) is 18.6.